The number of aromatic nitrogens is 4. The lowest BCUT2D eigenvalue weighted by Gasteiger charge is -2.14. The van der Waals surface area contributed by atoms with Gasteiger partial charge in [0.2, 0.25) is 5.16 Å². The summed E-state index contributed by atoms with van der Waals surface area (Å²) in [7, 11) is 0. The first-order valence-electron chi connectivity index (χ1n) is 6.94. The fraction of sp³-hybridized carbons (Fsp3) is 0.846. The van der Waals surface area contributed by atoms with Gasteiger partial charge in [-0.1, -0.05) is 24.6 Å². The SMILES string of the molecule is CC(C)(C#N)CCCSc1nnnn1C1CCCC1. The van der Waals surface area contributed by atoms with E-state index in [1.807, 2.05) is 18.5 Å². The lowest BCUT2D eigenvalue weighted by Crippen LogP contribution is -2.09. The van der Waals surface area contributed by atoms with Gasteiger partial charge >= 0.3 is 0 Å². The van der Waals surface area contributed by atoms with E-state index in [2.05, 4.69) is 21.6 Å². The summed E-state index contributed by atoms with van der Waals surface area (Å²) in [6, 6.07) is 2.83. The van der Waals surface area contributed by atoms with Gasteiger partial charge in [-0.05, 0) is 50.0 Å². The molecule has 0 aromatic carbocycles. The maximum absolute atomic E-state index is 8.97. The highest BCUT2D eigenvalue weighted by Gasteiger charge is 2.22. The number of rotatable bonds is 6. The number of nitrogens with zero attached hydrogens (tertiary/aromatic N) is 5. The molecule has 1 aromatic heterocycles. The molecular weight excluding hydrogens is 258 g/mol. The van der Waals surface area contributed by atoms with Crippen molar-refractivity contribution in [3.05, 3.63) is 0 Å². The Labute approximate surface area is 118 Å². The highest BCUT2D eigenvalue weighted by molar-refractivity contribution is 7.99. The van der Waals surface area contributed by atoms with Crippen molar-refractivity contribution in [3.63, 3.8) is 0 Å². The molecule has 104 valence electrons. The van der Waals surface area contributed by atoms with Crippen LogP contribution in [0.25, 0.3) is 0 Å². The Morgan fingerprint density at radius 3 is 2.84 bits per heavy atom. The van der Waals surface area contributed by atoms with Crippen molar-refractivity contribution < 1.29 is 0 Å². The monoisotopic (exact) mass is 279 g/mol. The molecule has 0 radical (unpaired) electrons. The van der Waals surface area contributed by atoms with Crippen molar-refractivity contribution in [2.75, 3.05) is 5.75 Å². The molecule has 1 heterocycles. The molecule has 1 aromatic rings. The van der Waals surface area contributed by atoms with Crippen molar-refractivity contribution >= 4 is 11.8 Å². The van der Waals surface area contributed by atoms with E-state index in [1.54, 1.807) is 11.8 Å². The maximum Gasteiger partial charge on any atom is 0.209 e. The first-order chi connectivity index (χ1) is 9.12. The van der Waals surface area contributed by atoms with Gasteiger partial charge in [0.15, 0.2) is 0 Å². The summed E-state index contributed by atoms with van der Waals surface area (Å²) in [5.41, 5.74) is -0.224. The van der Waals surface area contributed by atoms with Crippen LogP contribution in [0.5, 0.6) is 0 Å². The maximum atomic E-state index is 8.97. The van der Waals surface area contributed by atoms with E-state index in [9.17, 15) is 0 Å². The van der Waals surface area contributed by atoms with E-state index in [1.165, 1.54) is 25.7 Å². The first kappa shape index (κ1) is 14.3. The van der Waals surface area contributed by atoms with Crippen LogP contribution in [0.4, 0.5) is 0 Å². The summed E-state index contributed by atoms with van der Waals surface area (Å²) in [4.78, 5) is 0. The molecule has 5 nitrogen and oxygen atoms in total. The predicted molar refractivity (Wildman–Crippen MR) is 74.7 cm³/mol. The van der Waals surface area contributed by atoms with E-state index in [4.69, 9.17) is 5.26 Å². The van der Waals surface area contributed by atoms with Gasteiger partial charge < -0.3 is 0 Å². The summed E-state index contributed by atoms with van der Waals surface area (Å²) in [5, 5.41) is 21.9. The fourth-order valence-electron chi connectivity index (χ4n) is 2.39. The molecule has 0 unspecified atom stereocenters. The molecule has 0 N–H and O–H groups in total. The van der Waals surface area contributed by atoms with Gasteiger partial charge in [-0.25, -0.2) is 4.68 Å². The van der Waals surface area contributed by atoms with Gasteiger partial charge in [-0.3, -0.25) is 0 Å². The Hall–Kier alpha value is -1.09. The number of hydrogen-bond acceptors (Lipinski definition) is 5. The number of hydrogen-bond donors (Lipinski definition) is 0. The number of nitriles is 1. The molecule has 1 saturated carbocycles. The van der Waals surface area contributed by atoms with Crippen LogP contribution in [0.15, 0.2) is 5.16 Å². The molecule has 1 aliphatic carbocycles. The zero-order chi connectivity index (χ0) is 13.7. The van der Waals surface area contributed by atoms with E-state index in [0.29, 0.717) is 6.04 Å². The van der Waals surface area contributed by atoms with Crippen LogP contribution >= 0.6 is 11.8 Å². The summed E-state index contributed by atoms with van der Waals surface area (Å²) < 4.78 is 1.99. The second-order valence-electron chi connectivity index (χ2n) is 5.79. The number of tetrazole rings is 1. The van der Waals surface area contributed by atoms with E-state index < -0.39 is 0 Å². The van der Waals surface area contributed by atoms with Gasteiger partial charge in [0.25, 0.3) is 0 Å². The zero-order valence-electron chi connectivity index (χ0n) is 11.7. The highest BCUT2D eigenvalue weighted by Crippen LogP contribution is 2.32. The molecule has 0 aliphatic heterocycles. The van der Waals surface area contributed by atoms with Crippen LogP contribution < -0.4 is 0 Å². The summed E-state index contributed by atoms with van der Waals surface area (Å²) in [5.74, 6) is 0.970. The standard InChI is InChI=1S/C13H21N5S/c1-13(2,10-14)8-5-9-19-12-15-16-17-18(12)11-6-3-4-7-11/h11H,3-9H2,1-2H3. The smallest absolute Gasteiger partial charge is 0.209 e. The fourth-order valence-corrected chi connectivity index (χ4v) is 3.28. The van der Waals surface area contributed by atoms with Crippen molar-refractivity contribution in [1.29, 1.82) is 5.26 Å². The van der Waals surface area contributed by atoms with Crippen molar-refractivity contribution in [2.24, 2.45) is 5.41 Å². The minimum atomic E-state index is -0.224. The Bertz CT molecular complexity index is 442. The lowest BCUT2D eigenvalue weighted by molar-refractivity contribution is 0.422. The van der Waals surface area contributed by atoms with Crippen LogP contribution in [-0.4, -0.2) is 26.0 Å². The third-order valence-corrected chi connectivity index (χ3v) is 4.63. The topological polar surface area (TPSA) is 67.4 Å². The normalized spacial score (nSPS) is 16.7. The van der Waals surface area contributed by atoms with Crippen LogP contribution in [0.1, 0.15) is 58.4 Å². The second-order valence-corrected chi connectivity index (χ2v) is 6.85. The van der Waals surface area contributed by atoms with E-state index in [-0.39, 0.29) is 5.41 Å². The summed E-state index contributed by atoms with van der Waals surface area (Å²) in [6.07, 6.45) is 6.89. The molecule has 0 atom stereocenters. The van der Waals surface area contributed by atoms with Crippen LogP contribution in [0.3, 0.4) is 0 Å². The van der Waals surface area contributed by atoms with Crippen LogP contribution in [0, 0.1) is 16.7 Å². The predicted octanol–water partition coefficient (Wildman–Crippen LogP) is 3.21. The second kappa shape index (κ2) is 6.38. The molecule has 0 amide bonds. The van der Waals surface area contributed by atoms with Crippen molar-refractivity contribution in [2.45, 2.75) is 63.6 Å². The Kier molecular flexibility index (Phi) is 4.81. The number of thioether (sulfide) groups is 1. The Morgan fingerprint density at radius 1 is 1.42 bits per heavy atom. The van der Waals surface area contributed by atoms with Crippen molar-refractivity contribution in [1.82, 2.24) is 20.2 Å². The third-order valence-electron chi connectivity index (χ3n) is 3.61. The largest absolute Gasteiger partial charge is 0.217 e. The van der Waals surface area contributed by atoms with Gasteiger partial charge in [0.05, 0.1) is 17.5 Å². The highest BCUT2D eigenvalue weighted by atomic mass is 32.2. The third kappa shape index (κ3) is 3.93. The lowest BCUT2D eigenvalue weighted by atomic mass is 9.90. The first-order valence-corrected chi connectivity index (χ1v) is 7.93. The molecule has 1 fully saturated rings. The van der Waals surface area contributed by atoms with E-state index >= 15 is 0 Å². The molecule has 2 rings (SSSR count). The van der Waals surface area contributed by atoms with Gasteiger partial charge in [-0.2, -0.15) is 5.26 Å². The minimum absolute atomic E-state index is 0.224. The quantitative estimate of drug-likeness (QED) is 0.591. The van der Waals surface area contributed by atoms with E-state index in [0.717, 1.165) is 23.8 Å². The molecule has 0 spiro atoms. The summed E-state index contributed by atoms with van der Waals surface area (Å²) in [6.45, 7) is 3.97. The average Bonchev–Trinajstić information content (AvgIpc) is 3.05. The van der Waals surface area contributed by atoms with Crippen molar-refractivity contribution in [3.8, 4) is 6.07 Å². The van der Waals surface area contributed by atoms with Gasteiger partial charge in [0, 0.05) is 5.75 Å². The average molecular weight is 279 g/mol. The molecule has 1 aliphatic rings. The Balaban J connectivity index is 1.80. The Morgan fingerprint density at radius 2 is 2.16 bits per heavy atom. The van der Waals surface area contributed by atoms with Crippen LogP contribution in [-0.2, 0) is 0 Å². The molecule has 0 bridgehead atoms. The van der Waals surface area contributed by atoms with Gasteiger partial charge in [0.1, 0.15) is 0 Å². The molecule has 6 heteroatoms. The van der Waals surface area contributed by atoms with Gasteiger partial charge in [-0.15, -0.1) is 5.10 Å². The summed E-state index contributed by atoms with van der Waals surface area (Å²) >= 11 is 1.71. The minimum Gasteiger partial charge on any atom is -0.217 e. The van der Waals surface area contributed by atoms with Crippen LogP contribution in [0.2, 0.25) is 0 Å². The molecular formula is C13H21N5S. The zero-order valence-corrected chi connectivity index (χ0v) is 12.5. The molecule has 0 saturated heterocycles. The molecule has 19 heavy (non-hydrogen) atoms.